The molecule has 1 aliphatic heterocycles. The van der Waals surface area contributed by atoms with Crippen LogP contribution in [0.15, 0.2) is 60.8 Å². The van der Waals surface area contributed by atoms with E-state index in [9.17, 15) is 59.6 Å². The van der Waals surface area contributed by atoms with Crippen molar-refractivity contribution in [1.29, 1.82) is 0 Å². The molecule has 0 spiro atoms. The average molecular weight is 957 g/mol. The molecule has 17 heteroatoms. The van der Waals surface area contributed by atoms with Crippen molar-refractivity contribution < 1.29 is 78.1 Å². The van der Waals surface area contributed by atoms with E-state index in [2.05, 4.69) is 31.2 Å². The Hall–Kier alpha value is -2.86. The maximum Gasteiger partial charge on any atom is 0.472 e. The number of carbonyl (C=O) groups is 3. The molecule has 2 aliphatic rings. The lowest BCUT2D eigenvalue weighted by Crippen LogP contribution is -2.55. The highest BCUT2D eigenvalue weighted by Gasteiger charge is 2.49. The number of ether oxygens (including phenoxy) is 2. The summed E-state index contributed by atoms with van der Waals surface area (Å²) in [6.07, 6.45) is 13.7. The van der Waals surface area contributed by atoms with Crippen molar-refractivity contribution in [2.45, 2.75) is 204 Å². The number of esters is 2. The van der Waals surface area contributed by atoms with Crippen LogP contribution in [0.2, 0.25) is 0 Å². The van der Waals surface area contributed by atoms with Crippen LogP contribution in [0.3, 0.4) is 0 Å². The summed E-state index contributed by atoms with van der Waals surface area (Å²) in [6.45, 7) is 2.74. The number of aliphatic hydroxyl groups is 7. The predicted octanol–water partition coefficient (Wildman–Crippen LogP) is 6.31. The fraction of sp³-hybridized carbons (Fsp3) is 0.735. The molecule has 378 valence electrons. The molecule has 0 saturated heterocycles. The standard InChI is InChI=1S/C49H81O16P/c1-3-5-7-8-9-10-11-12-13-14-15-16-17-18-19-20-26-30-43(54)64-37-34-62-42(53)29-25-22-21-24-28-38-40(51)33-41(52)39(32-31-36(50)27-23-6-4-2)45(56)47(58)49(48(59)46(57)44(38)55)65-66(60,61)63-35-37/h12-13,15-16,18-19,21,24,31-32,36-39,41,44-50,52,55-59H,3-11,14,17,20,22-23,25-30,33-35H2,1-2H3,(H,60,61)/b13-12-,16-15-,19-18-,24-21?,32-31+/t36-,37+,38-,39-,41+,44+,45+,46-,47+,48+,49+/m0/s1. The van der Waals surface area contributed by atoms with Gasteiger partial charge in [-0.25, -0.2) is 4.57 Å². The van der Waals surface area contributed by atoms with E-state index in [1.54, 1.807) is 6.08 Å². The molecule has 1 saturated carbocycles. The number of ketones is 1. The van der Waals surface area contributed by atoms with Crippen LogP contribution in [0.4, 0.5) is 0 Å². The van der Waals surface area contributed by atoms with Gasteiger partial charge in [-0.2, -0.15) is 0 Å². The van der Waals surface area contributed by atoms with Gasteiger partial charge in [0.05, 0.1) is 31.0 Å². The van der Waals surface area contributed by atoms with Gasteiger partial charge in [-0.05, 0) is 64.2 Å². The first-order chi connectivity index (χ1) is 31.6. The smallest absolute Gasteiger partial charge is 0.462 e. The summed E-state index contributed by atoms with van der Waals surface area (Å²) in [5.41, 5.74) is 0. The number of unbranched alkanes of at least 4 members (excludes halogenated alkanes) is 9. The maximum atomic E-state index is 13.6. The number of allylic oxidation sites excluding steroid dienone is 8. The molecule has 2 rings (SSSR count). The van der Waals surface area contributed by atoms with Crippen LogP contribution in [0.5, 0.6) is 0 Å². The molecule has 66 heavy (non-hydrogen) atoms. The molecule has 2 bridgehead atoms. The third-order valence-corrected chi connectivity index (χ3v) is 12.7. The number of Topliss-reactive ketones (excluding diaryl/α,β-unsaturated/α-hetero) is 1. The van der Waals surface area contributed by atoms with Crippen LogP contribution < -0.4 is 0 Å². The number of aliphatic hydroxyl groups excluding tert-OH is 7. The van der Waals surface area contributed by atoms with Crippen molar-refractivity contribution in [2.75, 3.05) is 13.2 Å². The highest BCUT2D eigenvalue weighted by atomic mass is 31.2. The normalized spacial score (nSPS) is 31.0. The maximum absolute atomic E-state index is 13.6. The summed E-state index contributed by atoms with van der Waals surface area (Å²) in [5, 5.41) is 78.6. The zero-order valence-electron chi connectivity index (χ0n) is 39.2. The molecule has 0 amide bonds. The summed E-state index contributed by atoms with van der Waals surface area (Å²) >= 11 is 0. The fourth-order valence-corrected chi connectivity index (χ4v) is 8.63. The minimum absolute atomic E-state index is 0.0487. The SMILES string of the molecule is CCCCCCCC/C=C\C/C=C\C/C=C\CCCC(=O)O[C@@H]1COC(=O)CCCC=CC[C@H]2C(=O)C[C@@H](O)[C@H](/C=C/[C@@H](O)CCCCC)[C@@H](O)[C@@H](O)[C@@H](OP(=O)(O)OC1)[C@H](O)[C@@H](O)[C@@H]2O. The lowest BCUT2D eigenvalue weighted by atomic mass is 9.84. The Labute approximate surface area is 392 Å². The van der Waals surface area contributed by atoms with Crippen molar-refractivity contribution in [3.8, 4) is 0 Å². The van der Waals surface area contributed by atoms with Crippen molar-refractivity contribution in [3.05, 3.63) is 60.8 Å². The second-order valence-electron chi connectivity index (χ2n) is 17.4. The van der Waals surface area contributed by atoms with E-state index in [0.29, 0.717) is 32.1 Å². The first kappa shape index (κ1) is 59.3. The second kappa shape index (κ2) is 34.4. The van der Waals surface area contributed by atoms with E-state index < -0.39 is 112 Å². The largest absolute Gasteiger partial charge is 0.472 e. The molecule has 0 aromatic rings. The number of hydrogen-bond acceptors (Lipinski definition) is 15. The monoisotopic (exact) mass is 957 g/mol. The van der Waals surface area contributed by atoms with Crippen molar-refractivity contribution >= 4 is 25.5 Å². The van der Waals surface area contributed by atoms with Gasteiger partial charge in [0.1, 0.15) is 36.8 Å². The topological polar surface area (TPSA) is 267 Å². The zero-order valence-corrected chi connectivity index (χ0v) is 40.1. The van der Waals surface area contributed by atoms with E-state index in [1.807, 2.05) is 19.1 Å². The number of hydrogen-bond donors (Lipinski definition) is 8. The first-order valence-electron chi connectivity index (χ1n) is 24.2. The predicted molar refractivity (Wildman–Crippen MR) is 250 cm³/mol. The van der Waals surface area contributed by atoms with Crippen LogP contribution in [0.25, 0.3) is 0 Å². The fourth-order valence-electron chi connectivity index (χ4n) is 7.65. The Kier molecular flexibility index (Phi) is 30.9. The number of phosphoric acid groups is 1. The van der Waals surface area contributed by atoms with Gasteiger partial charge in [-0.15, -0.1) is 0 Å². The van der Waals surface area contributed by atoms with E-state index >= 15 is 0 Å². The van der Waals surface area contributed by atoms with Gasteiger partial charge in [-0.3, -0.25) is 23.4 Å². The van der Waals surface area contributed by atoms with Crippen LogP contribution in [-0.4, -0.2) is 127 Å². The molecule has 1 heterocycles. The van der Waals surface area contributed by atoms with Gasteiger partial charge in [0, 0.05) is 31.1 Å². The van der Waals surface area contributed by atoms with Gasteiger partial charge in [0.25, 0.3) is 0 Å². The molecular weight excluding hydrogens is 875 g/mol. The van der Waals surface area contributed by atoms with Crippen molar-refractivity contribution in [3.63, 3.8) is 0 Å². The molecule has 1 aliphatic carbocycles. The molecule has 8 N–H and O–H groups in total. The minimum Gasteiger partial charge on any atom is -0.462 e. The Bertz CT molecular complexity index is 1560. The molecule has 0 aromatic carbocycles. The molecule has 12 atom stereocenters. The van der Waals surface area contributed by atoms with Gasteiger partial charge in [-0.1, -0.05) is 126 Å². The summed E-state index contributed by atoms with van der Waals surface area (Å²) in [4.78, 5) is 50.0. The summed E-state index contributed by atoms with van der Waals surface area (Å²) < 4.78 is 34.6. The highest BCUT2D eigenvalue weighted by molar-refractivity contribution is 7.47. The molecule has 1 fully saturated rings. The molecular formula is C49H81O16P. The number of carbonyl (C=O) groups excluding carboxylic acids is 3. The van der Waals surface area contributed by atoms with Crippen molar-refractivity contribution in [1.82, 2.24) is 0 Å². The summed E-state index contributed by atoms with van der Waals surface area (Å²) in [6, 6.07) is 0. The van der Waals surface area contributed by atoms with E-state index in [4.69, 9.17) is 18.5 Å². The van der Waals surface area contributed by atoms with E-state index in [-0.39, 0.29) is 25.7 Å². The zero-order chi connectivity index (χ0) is 48.7. The average Bonchev–Trinajstić information content (AvgIpc) is 3.28. The summed E-state index contributed by atoms with van der Waals surface area (Å²) in [7, 11) is -5.48. The Morgan fingerprint density at radius 3 is 2.11 bits per heavy atom. The second-order valence-corrected chi connectivity index (χ2v) is 18.8. The number of phosphoric ester groups is 1. The summed E-state index contributed by atoms with van der Waals surface area (Å²) in [5.74, 6) is -5.17. The first-order valence-corrected chi connectivity index (χ1v) is 25.7. The highest BCUT2D eigenvalue weighted by Crippen LogP contribution is 2.47. The van der Waals surface area contributed by atoms with Gasteiger partial charge in [0.15, 0.2) is 6.10 Å². The van der Waals surface area contributed by atoms with E-state index in [0.717, 1.165) is 32.1 Å². The molecule has 1 unspecified atom stereocenters. The molecule has 16 nitrogen and oxygen atoms in total. The van der Waals surface area contributed by atoms with Crippen molar-refractivity contribution in [2.24, 2.45) is 11.8 Å². The number of cyclic esters (lactones) is 1. The van der Waals surface area contributed by atoms with Gasteiger partial charge < -0.3 is 50.1 Å². The lowest BCUT2D eigenvalue weighted by Gasteiger charge is -2.36. The van der Waals surface area contributed by atoms with Gasteiger partial charge in [0.2, 0.25) is 0 Å². The van der Waals surface area contributed by atoms with E-state index in [1.165, 1.54) is 56.8 Å². The third kappa shape index (κ3) is 24.4. The van der Waals surface area contributed by atoms with Crippen LogP contribution in [-0.2, 0) is 37.5 Å². The van der Waals surface area contributed by atoms with Gasteiger partial charge >= 0.3 is 19.8 Å². The number of rotatable bonds is 22. The Balaban J connectivity index is 2.20. The third-order valence-electron chi connectivity index (χ3n) is 11.7. The lowest BCUT2D eigenvalue weighted by molar-refractivity contribution is -0.166. The Morgan fingerprint density at radius 1 is 0.788 bits per heavy atom. The Morgan fingerprint density at radius 2 is 1.41 bits per heavy atom. The van der Waals surface area contributed by atoms with Crippen LogP contribution in [0.1, 0.15) is 149 Å². The quantitative estimate of drug-likeness (QED) is 0.0256. The number of fused-ring (bicyclic) bond motifs is 4. The van der Waals surface area contributed by atoms with Crippen LogP contribution >= 0.6 is 7.82 Å². The molecule has 0 aromatic heterocycles. The molecule has 0 radical (unpaired) electrons. The van der Waals surface area contributed by atoms with Crippen LogP contribution in [0, 0.1) is 11.8 Å². The minimum atomic E-state index is -5.48.